The summed E-state index contributed by atoms with van der Waals surface area (Å²) in [6.45, 7) is 5.56. The Kier molecular flexibility index (Phi) is 5.15. The summed E-state index contributed by atoms with van der Waals surface area (Å²) in [6.07, 6.45) is -0.303. The van der Waals surface area contributed by atoms with Crippen molar-refractivity contribution in [1.29, 1.82) is 0 Å². The molecule has 3 heteroatoms. The van der Waals surface area contributed by atoms with E-state index < -0.39 is 0 Å². The van der Waals surface area contributed by atoms with E-state index in [1.165, 1.54) is 0 Å². The van der Waals surface area contributed by atoms with Gasteiger partial charge in [0.15, 0.2) is 0 Å². The van der Waals surface area contributed by atoms with E-state index in [9.17, 15) is 0 Å². The molecule has 3 nitrogen and oxygen atoms in total. The topological polar surface area (TPSA) is 21.7 Å². The average Bonchev–Trinajstić information content (AvgIpc) is 2.29. The van der Waals surface area contributed by atoms with Gasteiger partial charge in [0.1, 0.15) is 5.75 Å². The predicted molar refractivity (Wildman–Crippen MR) is 60.8 cm³/mol. The molecule has 0 spiro atoms. The number of nitrogens with zero attached hydrogens (tertiary/aromatic N) is 1. The van der Waals surface area contributed by atoms with Gasteiger partial charge in [0.25, 0.3) is 6.41 Å². The Labute approximate surface area is 91.6 Å². The molecule has 0 saturated carbocycles. The van der Waals surface area contributed by atoms with Crippen LogP contribution in [0.4, 0.5) is 0 Å². The van der Waals surface area contributed by atoms with Gasteiger partial charge in [0.05, 0.1) is 0 Å². The summed E-state index contributed by atoms with van der Waals surface area (Å²) in [5, 5.41) is 0. The second-order valence-electron chi connectivity index (χ2n) is 3.27. The minimum absolute atomic E-state index is 0.303. The van der Waals surface area contributed by atoms with Crippen LogP contribution in [0.3, 0.4) is 0 Å². The van der Waals surface area contributed by atoms with Gasteiger partial charge >= 0.3 is 0 Å². The molecule has 0 aromatic heterocycles. The summed E-state index contributed by atoms with van der Waals surface area (Å²) in [4.78, 5) is 2.01. The molecule has 0 aliphatic carbocycles. The maximum Gasteiger partial charge on any atom is 0.261 e. The van der Waals surface area contributed by atoms with E-state index in [1.54, 1.807) is 0 Å². The van der Waals surface area contributed by atoms with Crippen LogP contribution in [0.25, 0.3) is 0 Å². The van der Waals surface area contributed by atoms with Gasteiger partial charge in [-0.2, -0.15) is 0 Å². The van der Waals surface area contributed by atoms with Crippen LogP contribution >= 0.6 is 0 Å². The van der Waals surface area contributed by atoms with Crippen LogP contribution in [-0.4, -0.2) is 31.5 Å². The number of ether oxygens (including phenoxy) is 2. The normalized spacial score (nSPS) is 12.8. The number of rotatable bonds is 6. The standard InChI is InChI=1S/C12H19NO2/c1-4-13(3)12(14-5-2)15-11-9-7-6-8-10-11/h6-10,12H,4-5H2,1-3H3. The van der Waals surface area contributed by atoms with E-state index in [-0.39, 0.29) is 6.41 Å². The second kappa shape index (κ2) is 6.43. The van der Waals surface area contributed by atoms with Crippen LogP contribution in [0.2, 0.25) is 0 Å². The molecule has 1 aromatic rings. The fourth-order valence-corrected chi connectivity index (χ4v) is 1.16. The van der Waals surface area contributed by atoms with Crippen LogP contribution in [-0.2, 0) is 4.74 Å². The fourth-order valence-electron chi connectivity index (χ4n) is 1.16. The Hall–Kier alpha value is -1.06. The molecule has 84 valence electrons. The van der Waals surface area contributed by atoms with E-state index >= 15 is 0 Å². The first-order chi connectivity index (χ1) is 7.27. The van der Waals surface area contributed by atoms with Gasteiger partial charge in [-0.15, -0.1) is 0 Å². The quantitative estimate of drug-likeness (QED) is 0.671. The number of hydrogen-bond acceptors (Lipinski definition) is 3. The third-order valence-electron chi connectivity index (χ3n) is 2.15. The SMILES string of the molecule is CCOC(Oc1ccccc1)N(C)CC. The van der Waals surface area contributed by atoms with Crippen LogP contribution in [0.15, 0.2) is 30.3 Å². The van der Waals surface area contributed by atoms with Gasteiger partial charge in [-0.05, 0) is 26.1 Å². The minimum Gasteiger partial charge on any atom is -0.451 e. The summed E-state index contributed by atoms with van der Waals surface area (Å²) in [5.74, 6) is 0.830. The predicted octanol–water partition coefficient (Wildman–Crippen LogP) is 2.34. The monoisotopic (exact) mass is 209 g/mol. The molecule has 1 unspecified atom stereocenters. The van der Waals surface area contributed by atoms with Crippen LogP contribution in [0.1, 0.15) is 13.8 Å². The second-order valence-corrected chi connectivity index (χ2v) is 3.27. The van der Waals surface area contributed by atoms with Crippen LogP contribution in [0, 0.1) is 0 Å². The molecular weight excluding hydrogens is 190 g/mol. The lowest BCUT2D eigenvalue weighted by molar-refractivity contribution is -0.162. The molecule has 1 atom stereocenters. The van der Waals surface area contributed by atoms with Gasteiger partial charge in [-0.1, -0.05) is 25.1 Å². The van der Waals surface area contributed by atoms with E-state index in [0.29, 0.717) is 6.61 Å². The van der Waals surface area contributed by atoms with Gasteiger partial charge in [0.2, 0.25) is 0 Å². The highest BCUT2D eigenvalue weighted by Crippen LogP contribution is 2.12. The molecule has 0 aliphatic heterocycles. The summed E-state index contributed by atoms with van der Waals surface area (Å²) in [7, 11) is 1.98. The zero-order chi connectivity index (χ0) is 11.1. The zero-order valence-corrected chi connectivity index (χ0v) is 9.64. The fraction of sp³-hybridized carbons (Fsp3) is 0.500. The Morgan fingerprint density at radius 1 is 1.20 bits per heavy atom. The molecule has 0 fully saturated rings. The lowest BCUT2D eigenvalue weighted by atomic mass is 10.3. The van der Waals surface area contributed by atoms with Crippen molar-refractivity contribution in [2.24, 2.45) is 0 Å². The van der Waals surface area contributed by atoms with Gasteiger partial charge in [-0.3, -0.25) is 0 Å². The van der Waals surface area contributed by atoms with Crippen molar-refractivity contribution in [3.05, 3.63) is 30.3 Å². The lowest BCUT2D eigenvalue weighted by Crippen LogP contribution is -2.38. The molecule has 1 rings (SSSR count). The van der Waals surface area contributed by atoms with Gasteiger partial charge in [-0.25, -0.2) is 4.90 Å². The van der Waals surface area contributed by atoms with Crippen LogP contribution < -0.4 is 4.74 Å². The summed E-state index contributed by atoms with van der Waals surface area (Å²) < 4.78 is 11.2. The van der Waals surface area contributed by atoms with Gasteiger partial charge < -0.3 is 9.47 Å². The highest BCUT2D eigenvalue weighted by molar-refractivity contribution is 5.20. The Morgan fingerprint density at radius 2 is 1.87 bits per heavy atom. The smallest absolute Gasteiger partial charge is 0.261 e. The van der Waals surface area contributed by atoms with Crippen LogP contribution in [0.5, 0.6) is 5.75 Å². The van der Waals surface area contributed by atoms with Crippen molar-refractivity contribution in [2.75, 3.05) is 20.2 Å². The van der Waals surface area contributed by atoms with E-state index in [2.05, 4.69) is 6.92 Å². The zero-order valence-electron chi connectivity index (χ0n) is 9.64. The van der Waals surface area contributed by atoms with Crippen molar-refractivity contribution in [2.45, 2.75) is 20.3 Å². The van der Waals surface area contributed by atoms with Crippen molar-refractivity contribution in [3.8, 4) is 5.75 Å². The Morgan fingerprint density at radius 3 is 2.40 bits per heavy atom. The van der Waals surface area contributed by atoms with Crippen molar-refractivity contribution < 1.29 is 9.47 Å². The molecule has 0 heterocycles. The summed E-state index contributed by atoms with van der Waals surface area (Å²) in [6, 6.07) is 9.71. The number of hydrogen-bond donors (Lipinski definition) is 0. The number of benzene rings is 1. The molecule has 1 aromatic carbocycles. The van der Waals surface area contributed by atoms with Crippen molar-refractivity contribution in [3.63, 3.8) is 0 Å². The molecule has 0 radical (unpaired) electrons. The molecular formula is C12H19NO2. The number of para-hydroxylation sites is 1. The first-order valence-electron chi connectivity index (χ1n) is 5.31. The van der Waals surface area contributed by atoms with E-state index in [0.717, 1.165) is 12.3 Å². The maximum atomic E-state index is 5.71. The molecule has 0 N–H and O–H groups in total. The molecule has 0 amide bonds. The summed E-state index contributed by atoms with van der Waals surface area (Å²) in [5.41, 5.74) is 0. The Bertz CT molecular complexity index is 264. The van der Waals surface area contributed by atoms with Gasteiger partial charge in [0, 0.05) is 13.2 Å². The first kappa shape index (κ1) is 12.0. The van der Waals surface area contributed by atoms with E-state index in [1.807, 2.05) is 49.2 Å². The highest BCUT2D eigenvalue weighted by Gasteiger charge is 2.14. The molecule has 0 bridgehead atoms. The molecule has 0 aliphatic rings. The lowest BCUT2D eigenvalue weighted by Gasteiger charge is -2.26. The average molecular weight is 209 g/mol. The molecule has 15 heavy (non-hydrogen) atoms. The van der Waals surface area contributed by atoms with E-state index in [4.69, 9.17) is 9.47 Å². The minimum atomic E-state index is -0.303. The maximum absolute atomic E-state index is 5.71. The first-order valence-corrected chi connectivity index (χ1v) is 5.31. The largest absolute Gasteiger partial charge is 0.451 e. The van der Waals surface area contributed by atoms with Crippen molar-refractivity contribution >= 4 is 0 Å². The highest BCUT2D eigenvalue weighted by atomic mass is 16.7. The molecule has 0 saturated heterocycles. The third-order valence-corrected chi connectivity index (χ3v) is 2.15. The third kappa shape index (κ3) is 3.90. The summed E-state index contributed by atoms with van der Waals surface area (Å²) >= 11 is 0. The Balaban J connectivity index is 2.58. The van der Waals surface area contributed by atoms with Crippen molar-refractivity contribution in [1.82, 2.24) is 4.90 Å².